The Labute approximate surface area is 123 Å². The van der Waals surface area contributed by atoms with Gasteiger partial charge in [0.2, 0.25) is 11.9 Å². The monoisotopic (exact) mass is 286 g/mol. The molecular weight excluding hydrogens is 268 g/mol. The number of hydrogen-bond acceptors (Lipinski definition) is 7. The number of benzene rings is 1. The number of fused-ring (bicyclic) bond motifs is 1. The fraction of sp³-hybridized carbons (Fsp3) is 0.357. The average molecular weight is 286 g/mol. The van der Waals surface area contributed by atoms with Gasteiger partial charge in [-0.1, -0.05) is 24.3 Å². The molecule has 1 aromatic heterocycles. The van der Waals surface area contributed by atoms with Gasteiger partial charge in [-0.2, -0.15) is 15.0 Å². The fourth-order valence-electron chi connectivity index (χ4n) is 2.51. The highest BCUT2D eigenvalue weighted by molar-refractivity contribution is 5.41. The van der Waals surface area contributed by atoms with Crippen LogP contribution in [0.1, 0.15) is 17.5 Å². The van der Waals surface area contributed by atoms with Gasteiger partial charge in [0, 0.05) is 13.1 Å². The Morgan fingerprint density at radius 3 is 2.76 bits per heavy atom. The summed E-state index contributed by atoms with van der Waals surface area (Å²) in [4.78, 5) is 14.8. The van der Waals surface area contributed by atoms with Crippen molar-refractivity contribution < 1.29 is 4.74 Å². The van der Waals surface area contributed by atoms with E-state index < -0.39 is 0 Å². The van der Waals surface area contributed by atoms with Gasteiger partial charge >= 0.3 is 6.01 Å². The molecule has 0 radical (unpaired) electrons. The Bertz CT molecular complexity index is 610. The molecule has 7 heteroatoms. The maximum Gasteiger partial charge on any atom is 0.322 e. The lowest BCUT2D eigenvalue weighted by molar-refractivity contribution is 0.378. The summed E-state index contributed by atoms with van der Waals surface area (Å²) in [5.74, 6) is 6.28. The quantitative estimate of drug-likeness (QED) is 0.645. The van der Waals surface area contributed by atoms with Crippen LogP contribution in [-0.4, -0.2) is 28.6 Å². The van der Waals surface area contributed by atoms with E-state index >= 15 is 0 Å². The highest BCUT2D eigenvalue weighted by Crippen LogP contribution is 2.23. The van der Waals surface area contributed by atoms with Gasteiger partial charge in [0.25, 0.3) is 0 Å². The zero-order valence-electron chi connectivity index (χ0n) is 11.9. The van der Waals surface area contributed by atoms with Crippen LogP contribution < -0.4 is 20.9 Å². The molecule has 1 aliphatic heterocycles. The third-order valence-electron chi connectivity index (χ3n) is 3.55. The number of nitrogens with two attached hydrogens (primary N) is 1. The minimum Gasteiger partial charge on any atom is -0.467 e. The van der Waals surface area contributed by atoms with Crippen molar-refractivity contribution in [3.05, 3.63) is 35.4 Å². The Balaban J connectivity index is 1.93. The van der Waals surface area contributed by atoms with E-state index in [1.807, 2.05) is 0 Å². The number of aryl methyl sites for hydroxylation is 1. The summed E-state index contributed by atoms with van der Waals surface area (Å²) in [6, 6.07) is 8.72. The van der Waals surface area contributed by atoms with Crippen molar-refractivity contribution in [2.24, 2.45) is 5.84 Å². The molecule has 0 saturated carbocycles. The van der Waals surface area contributed by atoms with Gasteiger partial charge in [-0.25, -0.2) is 5.84 Å². The molecule has 0 unspecified atom stereocenters. The number of nitrogens with one attached hydrogen (secondary N) is 1. The third kappa shape index (κ3) is 2.87. The summed E-state index contributed by atoms with van der Waals surface area (Å²) in [5, 5.41) is 0. The predicted molar refractivity (Wildman–Crippen MR) is 80.0 cm³/mol. The topological polar surface area (TPSA) is 89.2 Å². The molecule has 2 heterocycles. The molecule has 0 spiro atoms. The number of nitrogen functional groups attached to an aromatic ring is 1. The van der Waals surface area contributed by atoms with E-state index in [2.05, 4.69) is 49.5 Å². The number of rotatable bonds is 3. The summed E-state index contributed by atoms with van der Waals surface area (Å²) in [7, 11) is 1.52. The molecule has 2 aromatic rings. The average Bonchev–Trinajstić information content (AvgIpc) is 2.76. The molecule has 110 valence electrons. The fourth-order valence-corrected chi connectivity index (χ4v) is 2.51. The van der Waals surface area contributed by atoms with Crippen LogP contribution in [0.25, 0.3) is 0 Å². The van der Waals surface area contributed by atoms with Crippen LogP contribution in [0.4, 0.5) is 11.9 Å². The van der Waals surface area contributed by atoms with E-state index in [0.717, 1.165) is 25.9 Å². The molecule has 1 aliphatic rings. The molecule has 3 rings (SSSR count). The Kier molecular flexibility index (Phi) is 3.83. The standard InChI is InChI=1S/C14H18N6O/c1-21-14-17-12(19-15)16-13(18-14)20-8-4-7-10-5-2-3-6-11(10)9-20/h2-3,5-6H,4,7-9,15H2,1H3,(H,16,17,18,19). The van der Waals surface area contributed by atoms with E-state index in [0.29, 0.717) is 11.9 Å². The second kappa shape index (κ2) is 5.92. The smallest absolute Gasteiger partial charge is 0.322 e. The third-order valence-corrected chi connectivity index (χ3v) is 3.55. The lowest BCUT2D eigenvalue weighted by atomic mass is 10.0. The molecule has 1 aromatic carbocycles. The molecule has 0 bridgehead atoms. The number of hydrazine groups is 1. The Morgan fingerprint density at radius 2 is 2.00 bits per heavy atom. The number of ether oxygens (including phenoxy) is 1. The number of anilines is 2. The number of methoxy groups -OCH3 is 1. The summed E-state index contributed by atoms with van der Waals surface area (Å²) < 4.78 is 5.10. The van der Waals surface area contributed by atoms with E-state index in [1.54, 1.807) is 0 Å². The van der Waals surface area contributed by atoms with E-state index in [1.165, 1.54) is 18.2 Å². The highest BCUT2D eigenvalue weighted by atomic mass is 16.5. The maximum atomic E-state index is 5.40. The van der Waals surface area contributed by atoms with Crippen molar-refractivity contribution in [1.29, 1.82) is 0 Å². The van der Waals surface area contributed by atoms with Gasteiger partial charge in [-0.15, -0.1) is 0 Å². The van der Waals surface area contributed by atoms with E-state index in [9.17, 15) is 0 Å². The Morgan fingerprint density at radius 1 is 1.19 bits per heavy atom. The maximum absolute atomic E-state index is 5.40. The van der Waals surface area contributed by atoms with E-state index in [4.69, 9.17) is 10.6 Å². The summed E-state index contributed by atoms with van der Waals surface area (Å²) >= 11 is 0. The van der Waals surface area contributed by atoms with Gasteiger partial charge in [0.15, 0.2) is 0 Å². The normalized spacial score (nSPS) is 14.3. The van der Waals surface area contributed by atoms with Crippen LogP contribution in [0.5, 0.6) is 6.01 Å². The first-order chi connectivity index (χ1) is 10.3. The molecule has 0 aliphatic carbocycles. The molecule has 0 amide bonds. The van der Waals surface area contributed by atoms with Crippen molar-refractivity contribution in [3.63, 3.8) is 0 Å². The van der Waals surface area contributed by atoms with Crippen molar-refractivity contribution >= 4 is 11.9 Å². The van der Waals surface area contributed by atoms with Crippen LogP contribution in [0, 0.1) is 0 Å². The lowest BCUT2D eigenvalue weighted by Crippen LogP contribution is -2.26. The largest absolute Gasteiger partial charge is 0.467 e. The first kappa shape index (κ1) is 13.6. The van der Waals surface area contributed by atoms with Crippen molar-refractivity contribution in [2.45, 2.75) is 19.4 Å². The first-order valence-corrected chi connectivity index (χ1v) is 6.88. The van der Waals surface area contributed by atoms with Gasteiger partial charge in [0.05, 0.1) is 7.11 Å². The van der Waals surface area contributed by atoms with Crippen molar-refractivity contribution in [2.75, 3.05) is 24.0 Å². The number of aromatic nitrogens is 3. The lowest BCUT2D eigenvalue weighted by Gasteiger charge is -2.21. The van der Waals surface area contributed by atoms with Crippen LogP contribution in [0.15, 0.2) is 24.3 Å². The van der Waals surface area contributed by atoms with Crippen LogP contribution in [-0.2, 0) is 13.0 Å². The molecule has 21 heavy (non-hydrogen) atoms. The highest BCUT2D eigenvalue weighted by Gasteiger charge is 2.18. The van der Waals surface area contributed by atoms with Crippen LogP contribution >= 0.6 is 0 Å². The zero-order chi connectivity index (χ0) is 14.7. The molecule has 3 N–H and O–H groups in total. The molecule has 0 fully saturated rings. The minimum atomic E-state index is 0.255. The summed E-state index contributed by atoms with van der Waals surface area (Å²) in [6.07, 6.45) is 2.12. The zero-order valence-corrected chi connectivity index (χ0v) is 11.9. The van der Waals surface area contributed by atoms with Gasteiger partial charge in [0.1, 0.15) is 0 Å². The summed E-state index contributed by atoms with van der Waals surface area (Å²) in [5.41, 5.74) is 5.14. The minimum absolute atomic E-state index is 0.255. The molecular formula is C14H18N6O. The second-order valence-electron chi connectivity index (χ2n) is 4.88. The first-order valence-electron chi connectivity index (χ1n) is 6.88. The van der Waals surface area contributed by atoms with Crippen molar-refractivity contribution in [1.82, 2.24) is 15.0 Å². The van der Waals surface area contributed by atoms with E-state index in [-0.39, 0.29) is 6.01 Å². The van der Waals surface area contributed by atoms with Gasteiger partial charge in [-0.3, -0.25) is 5.43 Å². The van der Waals surface area contributed by atoms with Crippen molar-refractivity contribution in [3.8, 4) is 6.01 Å². The van der Waals surface area contributed by atoms with Crippen LogP contribution in [0.3, 0.4) is 0 Å². The van der Waals surface area contributed by atoms with Gasteiger partial charge in [-0.05, 0) is 24.0 Å². The summed E-state index contributed by atoms with van der Waals surface area (Å²) in [6.45, 7) is 1.65. The predicted octanol–water partition coefficient (Wildman–Crippen LogP) is 1.12. The van der Waals surface area contributed by atoms with Gasteiger partial charge < -0.3 is 9.64 Å². The Hall–Kier alpha value is -2.41. The second-order valence-corrected chi connectivity index (χ2v) is 4.88. The SMILES string of the molecule is COc1nc(NN)nc(N2CCCc3ccccc3C2)n1. The number of nitrogens with zero attached hydrogens (tertiary/aromatic N) is 4. The van der Waals surface area contributed by atoms with Crippen LogP contribution in [0.2, 0.25) is 0 Å². The molecule has 0 saturated heterocycles. The molecule has 7 nitrogen and oxygen atoms in total. The number of hydrogen-bond donors (Lipinski definition) is 2. The molecule has 0 atom stereocenters.